The number of hydrogen-bond acceptors (Lipinski definition) is 6. The Morgan fingerprint density at radius 1 is 1.08 bits per heavy atom. The molecule has 0 spiro atoms. The van der Waals surface area contributed by atoms with Crippen molar-refractivity contribution in [3.63, 3.8) is 0 Å². The van der Waals surface area contributed by atoms with Gasteiger partial charge in [0, 0.05) is 36.6 Å². The first-order chi connectivity index (χ1) is 17.4. The number of para-hydroxylation sites is 1. The second-order valence-electron chi connectivity index (χ2n) is 10.2. The van der Waals surface area contributed by atoms with E-state index in [1.807, 2.05) is 24.3 Å². The van der Waals surface area contributed by atoms with Crippen LogP contribution in [0.15, 0.2) is 35.9 Å². The monoisotopic (exact) mass is 498 g/mol. The van der Waals surface area contributed by atoms with Crippen molar-refractivity contribution in [3.05, 3.63) is 41.5 Å². The maximum atomic E-state index is 13.6. The predicted octanol–water partition coefficient (Wildman–Crippen LogP) is 2.62. The number of rotatable bonds is 9. The van der Waals surface area contributed by atoms with Crippen LogP contribution in [0.3, 0.4) is 0 Å². The van der Waals surface area contributed by atoms with Crippen molar-refractivity contribution in [2.75, 3.05) is 13.2 Å². The smallest absolute Gasteiger partial charge is 0.247 e. The Bertz CT molecular complexity index is 984. The van der Waals surface area contributed by atoms with Gasteiger partial charge in [0.05, 0.1) is 18.6 Å². The quantitative estimate of drug-likeness (QED) is 0.451. The summed E-state index contributed by atoms with van der Waals surface area (Å²) in [6.45, 7) is 1.45. The summed E-state index contributed by atoms with van der Waals surface area (Å²) < 4.78 is 6.19. The molecule has 2 aliphatic carbocycles. The minimum Gasteiger partial charge on any atom is -0.486 e. The summed E-state index contributed by atoms with van der Waals surface area (Å²) >= 11 is 0. The van der Waals surface area contributed by atoms with E-state index in [0.717, 1.165) is 44.1 Å². The van der Waals surface area contributed by atoms with Crippen LogP contribution in [0.25, 0.3) is 0 Å². The summed E-state index contributed by atoms with van der Waals surface area (Å²) in [4.78, 5) is 40.2. The van der Waals surface area contributed by atoms with Crippen molar-refractivity contribution in [2.45, 2.75) is 94.9 Å². The molecule has 2 amide bonds. The number of carbonyl (C=O) groups excluding carboxylic acids is 3. The highest BCUT2D eigenvalue weighted by atomic mass is 16.5. The van der Waals surface area contributed by atoms with Crippen LogP contribution in [0, 0.1) is 0 Å². The van der Waals surface area contributed by atoms with Crippen LogP contribution in [0.4, 0.5) is 0 Å². The van der Waals surface area contributed by atoms with E-state index in [1.54, 1.807) is 11.0 Å². The third kappa shape index (κ3) is 5.65. The molecule has 0 aromatic heterocycles. The molecule has 1 aromatic carbocycles. The minimum atomic E-state index is -1.02. The highest BCUT2D eigenvalue weighted by Crippen LogP contribution is 2.47. The molecular weight excluding hydrogens is 460 g/mol. The lowest BCUT2D eigenvalue weighted by Gasteiger charge is -2.44. The Hall–Kier alpha value is -2.71. The van der Waals surface area contributed by atoms with Crippen LogP contribution >= 0.6 is 0 Å². The van der Waals surface area contributed by atoms with E-state index in [2.05, 4.69) is 5.32 Å². The van der Waals surface area contributed by atoms with Gasteiger partial charge in [0.25, 0.3) is 0 Å². The number of fused-ring (bicyclic) bond motifs is 3. The maximum absolute atomic E-state index is 13.6. The average molecular weight is 499 g/mol. The molecule has 1 fully saturated rings. The van der Waals surface area contributed by atoms with Gasteiger partial charge in [0.2, 0.25) is 11.8 Å². The fourth-order valence-electron chi connectivity index (χ4n) is 5.93. The van der Waals surface area contributed by atoms with Crippen molar-refractivity contribution >= 4 is 17.6 Å². The number of ether oxygens (including phenoxy) is 1. The van der Waals surface area contributed by atoms with E-state index >= 15 is 0 Å². The van der Waals surface area contributed by atoms with Crippen molar-refractivity contribution in [3.8, 4) is 5.75 Å². The topological polar surface area (TPSA) is 116 Å². The number of nitrogens with zero attached hydrogens (tertiary/aromatic N) is 1. The van der Waals surface area contributed by atoms with Crippen LogP contribution in [0.5, 0.6) is 5.75 Å². The molecule has 1 saturated carbocycles. The molecule has 3 N–H and O–H groups in total. The molecular formula is C28H38N2O6. The number of hydrogen-bond donors (Lipinski definition) is 3. The zero-order valence-corrected chi connectivity index (χ0v) is 21.0. The Morgan fingerprint density at radius 3 is 2.50 bits per heavy atom. The van der Waals surface area contributed by atoms with Gasteiger partial charge in [-0.2, -0.15) is 0 Å². The largest absolute Gasteiger partial charge is 0.486 e. The van der Waals surface area contributed by atoms with Gasteiger partial charge in [-0.15, -0.1) is 0 Å². The van der Waals surface area contributed by atoms with Gasteiger partial charge >= 0.3 is 0 Å². The summed E-state index contributed by atoms with van der Waals surface area (Å²) in [6.07, 6.45) is 6.97. The maximum Gasteiger partial charge on any atom is 0.247 e. The number of benzene rings is 1. The van der Waals surface area contributed by atoms with Gasteiger partial charge in [-0.1, -0.05) is 43.9 Å². The first kappa shape index (κ1) is 26.4. The molecule has 1 aromatic rings. The molecule has 8 heteroatoms. The van der Waals surface area contributed by atoms with Gasteiger partial charge in [-0.25, -0.2) is 0 Å². The molecule has 4 atom stereocenters. The third-order valence-corrected chi connectivity index (χ3v) is 7.62. The summed E-state index contributed by atoms with van der Waals surface area (Å²) in [5.41, 5.74) is 1.28. The zero-order chi connectivity index (χ0) is 25.7. The number of nitrogens with one attached hydrogen (secondary N) is 1. The van der Waals surface area contributed by atoms with Gasteiger partial charge in [0.1, 0.15) is 23.7 Å². The molecule has 0 radical (unpaired) electrons. The van der Waals surface area contributed by atoms with Gasteiger partial charge in [0.15, 0.2) is 0 Å². The fraction of sp³-hybridized carbons (Fsp3) is 0.607. The van der Waals surface area contributed by atoms with Crippen molar-refractivity contribution in [2.24, 2.45) is 0 Å². The Morgan fingerprint density at radius 2 is 1.81 bits per heavy atom. The SMILES string of the molecule is CC(=O)CCCC(=O)N(C1CCCCCC1)[C@@H]1C=C(C(=O)NCCO)[C@@H]2c3ccccc3O[C@@H]2[C@H]1O. The Kier molecular flexibility index (Phi) is 8.80. The number of aliphatic hydroxyl groups excluding tert-OH is 2. The number of carbonyl (C=O) groups is 3. The highest BCUT2D eigenvalue weighted by molar-refractivity contribution is 5.96. The lowest BCUT2D eigenvalue weighted by Crippen LogP contribution is -2.58. The first-order valence-electron chi connectivity index (χ1n) is 13.3. The van der Waals surface area contributed by atoms with Crippen LogP contribution in [-0.4, -0.2) is 70.2 Å². The van der Waals surface area contributed by atoms with E-state index in [4.69, 9.17) is 4.74 Å². The molecule has 3 aliphatic rings. The number of ketones is 1. The Labute approximate surface area is 212 Å². The molecule has 8 nitrogen and oxygen atoms in total. The summed E-state index contributed by atoms with van der Waals surface area (Å²) in [7, 11) is 0. The molecule has 196 valence electrons. The molecule has 0 saturated heterocycles. The number of aliphatic hydroxyl groups is 2. The normalized spacial score (nSPS) is 25.6. The van der Waals surface area contributed by atoms with E-state index < -0.39 is 24.2 Å². The van der Waals surface area contributed by atoms with E-state index in [0.29, 0.717) is 24.2 Å². The lowest BCUT2D eigenvalue weighted by molar-refractivity contribution is -0.141. The molecule has 4 rings (SSSR count). The molecule has 1 aliphatic heterocycles. The second kappa shape index (κ2) is 12.0. The standard InChI is InChI=1S/C28H38N2O6/c1-18(32)9-8-14-24(33)30(19-10-4-2-3-5-11-19)22-17-21(28(35)29-15-16-31)25-20-12-6-7-13-23(20)36-27(25)26(22)34/h6-7,12-13,17,19,22,25-27,31,34H,2-5,8-11,14-16H2,1H3,(H,29,35)/t22-,25+,26+,27+/m1/s1. The van der Waals surface area contributed by atoms with Crippen LogP contribution in [-0.2, 0) is 14.4 Å². The van der Waals surface area contributed by atoms with Gasteiger partial charge < -0.3 is 30.0 Å². The van der Waals surface area contributed by atoms with E-state index in [9.17, 15) is 24.6 Å². The van der Waals surface area contributed by atoms with Crippen molar-refractivity contribution < 1.29 is 29.3 Å². The summed E-state index contributed by atoms with van der Waals surface area (Å²) in [5, 5.41) is 23.6. The Balaban J connectivity index is 1.71. The fourth-order valence-corrected chi connectivity index (χ4v) is 5.93. The summed E-state index contributed by atoms with van der Waals surface area (Å²) in [6, 6.07) is 6.69. The molecule has 36 heavy (non-hydrogen) atoms. The van der Waals surface area contributed by atoms with Crippen LogP contribution < -0.4 is 10.1 Å². The minimum absolute atomic E-state index is 0.0456. The molecule has 0 bridgehead atoms. The van der Waals surface area contributed by atoms with Crippen LogP contribution in [0.1, 0.15) is 76.2 Å². The van der Waals surface area contributed by atoms with Crippen LogP contribution in [0.2, 0.25) is 0 Å². The molecule has 0 unspecified atom stereocenters. The predicted molar refractivity (Wildman–Crippen MR) is 134 cm³/mol. The second-order valence-corrected chi connectivity index (χ2v) is 10.2. The van der Waals surface area contributed by atoms with Gasteiger partial charge in [-0.3, -0.25) is 9.59 Å². The first-order valence-corrected chi connectivity index (χ1v) is 13.3. The third-order valence-electron chi connectivity index (χ3n) is 7.62. The van der Waals surface area contributed by atoms with E-state index in [1.165, 1.54) is 6.92 Å². The van der Waals surface area contributed by atoms with Gasteiger partial charge in [-0.05, 0) is 38.3 Å². The summed E-state index contributed by atoms with van der Waals surface area (Å²) in [5.74, 6) is -0.227. The number of amides is 2. The highest BCUT2D eigenvalue weighted by Gasteiger charge is 2.51. The lowest BCUT2D eigenvalue weighted by atomic mass is 9.77. The number of Topliss-reactive ketones (excluding diaryl/α,β-unsaturated/α-hetero) is 1. The molecule has 1 heterocycles. The van der Waals surface area contributed by atoms with Crippen molar-refractivity contribution in [1.82, 2.24) is 10.2 Å². The average Bonchev–Trinajstić information content (AvgIpc) is 3.05. The van der Waals surface area contributed by atoms with E-state index in [-0.39, 0.29) is 43.2 Å². The zero-order valence-electron chi connectivity index (χ0n) is 21.0. The van der Waals surface area contributed by atoms with Crippen molar-refractivity contribution in [1.29, 1.82) is 0 Å².